The first-order valence-corrected chi connectivity index (χ1v) is 7.29. The molecule has 6 nitrogen and oxygen atoms in total. The van der Waals surface area contributed by atoms with E-state index in [1.165, 1.54) is 38.4 Å². The molecule has 1 aromatic rings. The van der Waals surface area contributed by atoms with Gasteiger partial charge in [-0.1, -0.05) is 0 Å². The lowest BCUT2D eigenvalue weighted by Gasteiger charge is -2.26. The van der Waals surface area contributed by atoms with Gasteiger partial charge in [0.05, 0.1) is 9.79 Å². The van der Waals surface area contributed by atoms with E-state index < -0.39 is 20.8 Å². The van der Waals surface area contributed by atoms with E-state index in [0.29, 0.717) is 0 Å². The lowest BCUT2D eigenvalue weighted by atomic mass is 10.4. The Bertz CT molecular complexity index is 462. The smallest absolute Gasteiger partial charge is 0.242 e. The molecule has 8 heteroatoms. The fraction of sp³-hybridized carbons (Fsp3) is 0.250. The molecule has 0 spiro atoms. The number of sulfonamides is 1. The van der Waals surface area contributed by atoms with Crippen LogP contribution in [0.4, 0.5) is 0 Å². The van der Waals surface area contributed by atoms with E-state index in [1.54, 1.807) is 0 Å². The second kappa shape index (κ2) is 4.32. The van der Waals surface area contributed by atoms with Crippen molar-refractivity contribution in [3.05, 3.63) is 24.3 Å². The summed E-state index contributed by atoms with van der Waals surface area (Å²) in [4.78, 5) is 0.176. The van der Waals surface area contributed by atoms with E-state index in [1.807, 2.05) is 0 Å². The Morgan fingerprint density at radius 3 is 1.75 bits per heavy atom. The summed E-state index contributed by atoms with van der Waals surface area (Å²) in [5, 5.41) is 5.11. The van der Waals surface area contributed by atoms with Crippen LogP contribution < -0.4 is 5.14 Å². The normalized spacial score (nSPS) is 14.1. The maximum absolute atomic E-state index is 11.7. The largest absolute Gasteiger partial charge is 0.282 e. The first kappa shape index (κ1) is 13.4. The summed E-state index contributed by atoms with van der Waals surface area (Å²) in [6.07, 6.45) is 0. The first-order chi connectivity index (χ1) is 7.15. The van der Waals surface area contributed by atoms with Crippen molar-refractivity contribution in [1.82, 2.24) is 4.31 Å². The van der Waals surface area contributed by atoms with E-state index in [-0.39, 0.29) is 9.79 Å². The molecule has 1 aromatic carbocycles. The standard InChI is InChI=1S/C8H14N2O4S2/c1-10(2)16(13,14)8-5-3-7(4-6-8)15(9,11)12/h3-6,11-12H,9H2,1-2H3. The highest BCUT2D eigenvalue weighted by molar-refractivity contribution is 8.22. The highest BCUT2D eigenvalue weighted by atomic mass is 32.3. The van der Waals surface area contributed by atoms with E-state index >= 15 is 0 Å². The number of nitrogens with two attached hydrogens (primary N) is 1. The van der Waals surface area contributed by atoms with Crippen LogP contribution in [0.3, 0.4) is 0 Å². The van der Waals surface area contributed by atoms with Gasteiger partial charge >= 0.3 is 0 Å². The van der Waals surface area contributed by atoms with Gasteiger partial charge in [0.15, 0.2) is 0 Å². The zero-order valence-corrected chi connectivity index (χ0v) is 10.5. The van der Waals surface area contributed by atoms with Crippen LogP contribution in [0.5, 0.6) is 0 Å². The van der Waals surface area contributed by atoms with Crippen molar-refractivity contribution in [2.75, 3.05) is 14.1 Å². The summed E-state index contributed by atoms with van der Waals surface area (Å²) in [6, 6.07) is 5.13. The molecule has 0 aliphatic heterocycles. The third-order valence-corrected chi connectivity index (χ3v) is 4.74. The number of nitrogens with zero attached hydrogens (tertiary/aromatic N) is 1. The minimum Gasteiger partial charge on any atom is -0.282 e. The van der Waals surface area contributed by atoms with Crippen molar-refractivity contribution >= 4 is 20.8 Å². The summed E-state index contributed by atoms with van der Waals surface area (Å²) < 4.78 is 42.7. The van der Waals surface area contributed by atoms with Crippen molar-refractivity contribution in [1.29, 1.82) is 0 Å². The van der Waals surface area contributed by atoms with Gasteiger partial charge in [0.25, 0.3) is 0 Å². The first-order valence-electron chi connectivity index (χ1n) is 4.24. The van der Waals surface area contributed by atoms with Gasteiger partial charge in [0.2, 0.25) is 10.0 Å². The molecule has 92 valence electrons. The summed E-state index contributed by atoms with van der Waals surface area (Å²) >= 11 is 0. The summed E-state index contributed by atoms with van der Waals surface area (Å²) in [7, 11) is -3.96. The fourth-order valence-electron chi connectivity index (χ4n) is 1.02. The summed E-state index contributed by atoms with van der Waals surface area (Å²) in [6.45, 7) is 0. The van der Waals surface area contributed by atoms with Gasteiger partial charge in [-0.25, -0.2) is 17.9 Å². The minimum absolute atomic E-state index is 0.0740. The molecule has 0 radical (unpaired) electrons. The van der Waals surface area contributed by atoms with Gasteiger partial charge < -0.3 is 0 Å². The van der Waals surface area contributed by atoms with Crippen LogP contribution in [0, 0.1) is 0 Å². The van der Waals surface area contributed by atoms with E-state index in [0.717, 1.165) is 4.31 Å². The molecule has 0 aromatic heterocycles. The van der Waals surface area contributed by atoms with Crippen LogP contribution >= 0.6 is 10.8 Å². The molecular formula is C8H14N2O4S2. The average Bonchev–Trinajstić information content (AvgIpc) is 2.16. The highest BCUT2D eigenvalue weighted by Crippen LogP contribution is 2.39. The second-order valence-electron chi connectivity index (χ2n) is 3.35. The Kier molecular flexibility index (Phi) is 3.62. The Labute approximate surface area is 96.2 Å². The number of benzene rings is 1. The molecule has 0 aliphatic carbocycles. The Morgan fingerprint density at radius 2 is 1.44 bits per heavy atom. The monoisotopic (exact) mass is 266 g/mol. The molecule has 0 bridgehead atoms. The number of hydrogen-bond donors (Lipinski definition) is 3. The molecule has 0 heterocycles. The lowest BCUT2D eigenvalue weighted by Crippen LogP contribution is -2.22. The number of hydrogen-bond acceptors (Lipinski definition) is 5. The molecule has 1 rings (SSSR count). The van der Waals surface area contributed by atoms with Crippen LogP contribution in [0.1, 0.15) is 0 Å². The average molecular weight is 266 g/mol. The third-order valence-electron chi connectivity index (χ3n) is 1.95. The maximum Gasteiger partial charge on any atom is 0.242 e. The predicted molar refractivity (Wildman–Crippen MR) is 62.6 cm³/mol. The summed E-state index contributed by atoms with van der Waals surface area (Å²) in [5.41, 5.74) is 0. The molecule has 0 unspecified atom stereocenters. The molecule has 0 aliphatic rings. The zero-order chi connectivity index (χ0) is 12.6. The quantitative estimate of drug-likeness (QED) is 0.754. The fourth-order valence-corrected chi connectivity index (χ4v) is 2.46. The van der Waals surface area contributed by atoms with Crippen LogP contribution in [-0.4, -0.2) is 35.9 Å². The molecular weight excluding hydrogens is 252 g/mol. The third kappa shape index (κ3) is 2.73. The van der Waals surface area contributed by atoms with Gasteiger partial charge in [-0.15, -0.1) is 10.8 Å². The van der Waals surface area contributed by atoms with Crippen molar-refractivity contribution in [3.8, 4) is 0 Å². The van der Waals surface area contributed by atoms with Gasteiger partial charge in [0, 0.05) is 14.1 Å². The number of rotatable bonds is 3. The van der Waals surface area contributed by atoms with Crippen LogP contribution in [0.25, 0.3) is 0 Å². The van der Waals surface area contributed by atoms with Crippen molar-refractivity contribution in [2.45, 2.75) is 9.79 Å². The minimum atomic E-state index is -3.50. The van der Waals surface area contributed by atoms with Crippen LogP contribution in [-0.2, 0) is 10.0 Å². The highest BCUT2D eigenvalue weighted by Gasteiger charge is 2.18. The van der Waals surface area contributed by atoms with E-state index in [2.05, 4.69) is 0 Å². The predicted octanol–water partition coefficient (Wildman–Crippen LogP) is 0.920. The van der Waals surface area contributed by atoms with Crippen molar-refractivity contribution < 1.29 is 17.5 Å². The van der Waals surface area contributed by atoms with Crippen molar-refractivity contribution in [3.63, 3.8) is 0 Å². The molecule has 0 atom stereocenters. The topological polar surface area (TPSA) is 104 Å². The second-order valence-corrected chi connectivity index (χ2v) is 7.16. The van der Waals surface area contributed by atoms with E-state index in [4.69, 9.17) is 14.2 Å². The molecule has 16 heavy (non-hydrogen) atoms. The Morgan fingerprint density at radius 1 is 1.06 bits per heavy atom. The van der Waals surface area contributed by atoms with Gasteiger partial charge in [-0.05, 0) is 24.3 Å². The molecule has 4 N–H and O–H groups in total. The SMILES string of the molecule is CN(C)S(=O)(=O)c1ccc(S(N)(O)O)cc1. The molecule has 0 amide bonds. The van der Waals surface area contributed by atoms with E-state index in [9.17, 15) is 8.42 Å². The maximum atomic E-state index is 11.7. The Balaban J connectivity index is 3.15. The van der Waals surface area contributed by atoms with Crippen LogP contribution in [0.15, 0.2) is 34.1 Å². The van der Waals surface area contributed by atoms with Gasteiger partial charge in [0.1, 0.15) is 0 Å². The summed E-state index contributed by atoms with van der Waals surface area (Å²) in [5.74, 6) is 0. The van der Waals surface area contributed by atoms with Crippen LogP contribution in [0.2, 0.25) is 0 Å². The molecule has 0 saturated carbocycles. The Hall–Kier alpha value is -0.640. The molecule has 0 fully saturated rings. The van der Waals surface area contributed by atoms with Crippen molar-refractivity contribution in [2.24, 2.45) is 5.14 Å². The van der Waals surface area contributed by atoms with Gasteiger partial charge in [-0.2, -0.15) is 0 Å². The molecule has 0 saturated heterocycles. The lowest BCUT2D eigenvalue weighted by molar-refractivity contribution is 0.488. The zero-order valence-electron chi connectivity index (χ0n) is 8.86. The van der Waals surface area contributed by atoms with Gasteiger partial charge in [-0.3, -0.25) is 9.11 Å².